The number of hydrogen-bond donors (Lipinski definition) is 2. The Morgan fingerprint density at radius 2 is 0.828 bits per heavy atom. The van der Waals surface area contributed by atoms with E-state index in [1.807, 2.05) is 0 Å². The molecule has 0 radical (unpaired) electrons. The van der Waals surface area contributed by atoms with Gasteiger partial charge in [0.25, 0.3) is 5.67 Å². The summed E-state index contributed by atoms with van der Waals surface area (Å²) in [7, 11) is 0. The maximum atomic E-state index is 15.5. The average Bonchev–Trinajstić information content (AvgIpc) is 2.60. The van der Waals surface area contributed by atoms with Gasteiger partial charge < -0.3 is 11.5 Å². The topological polar surface area (TPSA) is 52.0 Å². The Morgan fingerprint density at radius 3 is 1.17 bits per heavy atom. The molecule has 0 spiro atoms. The Labute approximate surface area is 157 Å². The molecule has 0 heterocycles. The second kappa shape index (κ2) is 6.70. The Bertz CT molecular complexity index is 859. The van der Waals surface area contributed by atoms with Crippen molar-refractivity contribution in [3.05, 3.63) is 59.7 Å². The third kappa shape index (κ3) is 3.23. The molecule has 0 saturated carbocycles. The number of alkyl halides is 10. The lowest BCUT2D eigenvalue weighted by atomic mass is 9.77. The zero-order valence-electron chi connectivity index (χ0n) is 14.1. The Kier molecular flexibility index (Phi) is 5.23. The minimum Gasteiger partial charge on any atom is -0.399 e. The maximum absolute atomic E-state index is 15.5. The van der Waals surface area contributed by atoms with E-state index in [1.54, 1.807) is 0 Å². The van der Waals surface area contributed by atoms with Gasteiger partial charge in [0, 0.05) is 22.5 Å². The molecule has 1 unspecified atom stereocenters. The summed E-state index contributed by atoms with van der Waals surface area (Å²) in [6.07, 6.45) is -7.03. The van der Waals surface area contributed by atoms with E-state index in [0.29, 0.717) is 36.4 Å². The van der Waals surface area contributed by atoms with Crippen molar-refractivity contribution in [3.8, 4) is 0 Å². The van der Waals surface area contributed by atoms with Gasteiger partial charge >= 0.3 is 23.9 Å². The predicted molar refractivity (Wildman–Crippen MR) is 84.3 cm³/mol. The van der Waals surface area contributed by atoms with Crippen LogP contribution in [0.15, 0.2) is 48.5 Å². The van der Waals surface area contributed by atoms with Gasteiger partial charge in [-0.05, 0) is 24.3 Å². The van der Waals surface area contributed by atoms with Crippen LogP contribution in [0, 0.1) is 0 Å². The van der Waals surface area contributed by atoms with Crippen LogP contribution in [-0.4, -0.2) is 18.0 Å². The number of benzene rings is 2. The van der Waals surface area contributed by atoms with Crippen molar-refractivity contribution < 1.29 is 43.9 Å². The van der Waals surface area contributed by atoms with Gasteiger partial charge in [-0.25, -0.2) is 4.39 Å². The highest BCUT2D eigenvalue weighted by molar-refractivity contribution is 5.46. The number of rotatable bonds is 5. The van der Waals surface area contributed by atoms with Crippen LogP contribution >= 0.6 is 0 Å². The summed E-state index contributed by atoms with van der Waals surface area (Å²) in [6, 6.07) is 3.67. The molecule has 0 amide bonds. The summed E-state index contributed by atoms with van der Waals surface area (Å²) in [4.78, 5) is 0. The first-order valence-corrected chi connectivity index (χ1v) is 7.61. The molecule has 0 fully saturated rings. The van der Waals surface area contributed by atoms with Gasteiger partial charge in [-0.3, -0.25) is 0 Å². The largest absolute Gasteiger partial charge is 0.460 e. The third-order valence-electron chi connectivity index (χ3n) is 4.20. The summed E-state index contributed by atoms with van der Waals surface area (Å²) < 4.78 is 139. The fraction of sp³-hybridized carbons (Fsp3) is 0.294. The Balaban J connectivity index is 2.86. The van der Waals surface area contributed by atoms with E-state index in [0.717, 1.165) is 0 Å². The first-order valence-electron chi connectivity index (χ1n) is 7.61. The number of halogens is 10. The SMILES string of the molecule is Nc1ccc(C(F)(F)C(F)(c2ccc(N)cc2)C(F)(F)C(F)(F)C(F)(F)F)cc1. The molecular formula is C17H12F10N2. The van der Waals surface area contributed by atoms with Crippen molar-refractivity contribution in [1.29, 1.82) is 0 Å². The van der Waals surface area contributed by atoms with Gasteiger partial charge in [0.15, 0.2) is 0 Å². The lowest BCUT2D eigenvalue weighted by molar-refractivity contribution is -0.404. The van der Waals surface area contributed by atoms with Crippen molar-refractivity contribution in [1.82, 2.24) is 0 Å². The normalized spacial score (nSPS) is 15.8. The van der Waals surface area contributed by atoms with Crippen LogP contribution in [0.2, 0.25) is 0 Å². The molecule has 4 N–H and O–H groups in total. The van der Waals surface area contributed by atoms with Crippen molar-refractivity contribution in [2.75, 3.05) is 11.5 Å². The average molecular weight is 434 g/mol. The number of anilines is 2. The van der Waals surface area contributed by atoms with Crippen LogP contribution in [0.5, 0.6) is 0 Å². The Hall–Kier alpha value is -2.66. The minimum atomic E-state index is -7.15. The number of nitrogens with two attached hydrogens (primary N) is 2. The molecule has 2 rings (SSSR count). The molecule has 0 saturated heterocycles. The lowest BCUT2D eigenvalue weighted by Gasteiger charge is -2.42. The molecule has 0 aliphatic carbocycles. The Morgan fingerprint density at radius 1 is 0.483 bits per heavy atom. The number of nitrogen functional groups attached to an aromatic ring is 2. The maximum Gasteiger partial charge on any atom is 0.460 e. The van der Waals surface area contributed by atoms with E-state index < -0.39 is 40.7 Å². The molecule has 29 heavy (non-hydrogen) atoms. The summed E-state index contributed by atoms with van der Waals surface area (Å²) in [5.74, 6) is -19.6. The summed E-state index contributed by atoms with van der Waals surface area (Å²) in [5, 5.41) is 0. The fourth-order valence-corrected chi connectivity index (χ4v) is 2.56. The van der Waals surface area contributed by atoms with Crippen LogP contribution in [0.4, 0.5) is 55.3 Å². The highest BCUT2D eigenvalue weighted by Crippen LogP contribution is 2.63. The molecule has 2 nitrogen and oxygen atoms in total. The van der Waals surface area contributed by atoms with Crippen LogP contribution in [0.1, 0.15) is 11.1 Å². The van der Waals surface area contributed by atoms with Crippen LogP contribution in [0.25, 0.3) is 0 Å². The highest BCUT2D eigenvalue weighted by Gasteiger charge is 2.86. The van der Waals surface area contributed by atoms with E-state index in [2.05, 4.69) is 0 Å². The van der Waals surface area contributed by atoms with Gasteiger partial charge in [-0.2, -0.15) is 39.5 Å². The molecule has 12 heteroatoms. The zero-order chi connectivity index (χ0) is 22.5. The van der Waals surface area contributed by atoms with Gasteiger partial charge in [-0.15, -0.1) is 0 Å². The van der Waals surface area contributed by atoms with E-state index >= 15 is 4.39 Å². The smallest absolute Gasteiger partial charge is 0.399 e. The van der Waals surface area contributed by atoms with Gasteiger partial charge in [0.1, 0.15) is 0 Å². The zero-order valence-corrected chi connectivity index (χ0v) is 14.1. The van der Waals surface area contributed by atoms with Crippen LogP contribution in [0.3, 0.4) is 0 Å². The van der Waals surface area contributed by atoms with Crippen LogP contribution < -0.4 is 11.5 Å². The third-order valence-corrected chi connectivity index (χ3v) is 4.20. The molecule has 0 bridgehead atoms. The van der Waals surface area contributed by atoms with Crippen molar-refractivity contribution in [2.24, 2.45) is 0 Å². The second-order valence-electron chi connectivity index (χ2n) is 6.12. The summed E-state index contributed by atoms with van der Waals surface area (Å²) >= 11 is 0. The molecule has 1 atom stereocenters. The highest BCUT2D eigenvalue weighted by atomic mass is 19.4. The van der Waals surface area contributed by atoms with Gasteiger partial charge in [0.05, 0.1) is 0 Å². The fourth-order valence-electron chi connectivity index (χ4n) is 2.56. The molecule has 0 aromatic heterocycles. The first kappa shape index (κ1) is 22.6. The lowest BCUT2D eigenvalue weighted by Crippen LogP contribution is -2.65. The monoisotopic (exact) mass is 434 g/mol. The molecule has 0 aliphatic rings. The second-order valence-corrected chi connectivity index (χ2v) is 6.12. The molecule has 160 valence electrons. The minimum absolute atomic E-state index is 0.172. The van der Waals surface area contributed by atoms with Crippen molar-refractivity contribution in [3.63, 3.8) is 0 Å². The summed E-state index contributed by atoms with van der Waals surface area (Å²) in [5.41, 5.74) is 0.801. The molecule has 2 aromatic carbocycles. The van der Waals surface area contributed by atoms with Gasteiger partial charge in [-0.1, -0.05) is 24.3 Å². The standard InChI is InChI=1S/C17H12F10N2/c18-13(9-1-5-11(28)6-2-9,15(21,22)16(23,24)17(25,26)27)14(19,20)10-3-7-12(29)8-4-10/h1-8H,28-29H2. The molecule has 2 aromatic rings. The quantitative estimate of drug-likeness (QED) is 0.473. The van der Waals surface area contributed by atoms with Gasteiger partial charge in [0.2, 0.25) is 0 Å². The van der Waals surface area contributed by atoms with E-state index in [1.165, 1.54) is 0 Å². The van der Waals surface area contributed by atoms with Crippen molar-refractivity contribution >= 4 is 11.4 Å². The molecular weight excluding hydrogens is 422 g/mol. The first-order chi connectivity index (χ1) is 13.0. The van der Waals surface area contributed by atoms with E-state index in [4.69, 9.17) is 11.5 Å². The van der Waals surface area contributed by atoms with E-state index in [-0.39, 0.29) is 23.5 Å². The van der Waals surface area contributed by atoms with Crippen LogP contribution in [-0.2, 0) is 11.6 Å². The predicted octanol–water partition coefficient (Wildman–Crippen LogP) is 5.64. The van der Waals surface area contributed by atoms with Crippen molar-refractivity contribution in [2.45, 2.75) is 29.6 Å². The molecule has 0 aliphatic heterocycles. The van der Waals surface area contributed by atoms with E-state index in [9.17, 15) is 39.5 Å². The summed E-state index contributed by atoms with van der Waals surface area (Å²) in [6.45, 7) is 0. The number of hydrogen-bond acceptors (Lipinski definition) is 2.